The second-order valence-corrected chi connectivity index (χ2v) is 36.6. The third-order valence-electron chi connectivity index (χ3n) is 25.7. The van der Waals surface area contributed by atoms with Gasteiger partial charge in [0.25, 0.3) is 17.5 Å². The number of carbonyl (C=O) groups is 4. The topological polar surface area (TPSA) is 314 Å². The highest BCUT2D eigenvalue weighted by Crippen LogP contribution is 2.62. The summed E-state index contributed by atoms with van der Waals surface area (Å²) in [6.07, 6.45) is 2.02. The Morgan fingerprint density at radius 1 is 0.681 bits per heavy atom. The zero-order valence-corrected chi connectivity index (χ0v) is 69.9. The molecular formula is C88H126N11O14+. The largest absolute Gasteiger partial charge is 0.496 e. The number of quaternary nitrogens is 1. The molecule has 25 nitrogen and oxygen atoms in total. The van der Waals surface area contributed by atoms with Gasteiger partial charge in [0, 0.05) is 102 Å². The molecule has 2 saturated heterocycles. The van der Waals surface area contributed by atoms with Crippen molar-refractivity contribution in [3.05, 3.63) is 141 Å². The van der Waals surface area contributed by atoms with Crippen LogP contribution in [0.15, 0.2) is 103 Å². The number of hydroxylamine groups is 4. The summed E-state index contributed by atoms with van der Waals surface area (Å²) in [4.78, 5) is 84.6. The van der Waals surface area contributed by atoms with E-state index < -0.39 is 65.8 Å². The number of nitriles is 1. The number of fused-ring (bicyclic) bond motifs is 4. The number of carbonyl (C=O) groups excluding carboxylic acids is 4. The van der Waals surface area contributed by atoms with Gasteiger partial charge in [-0.15, -0.1) is 0 Å². The predicted octanol–water partition coefficient (Wildman–Crippen LogP) is 10.1. The molecule has 13 rings (SSSR count). The Morgan fingerprint density at radius 2 is 1.14 bits per heavy atom. The maximum atomic E-state index is 14.3. The molecule has 6 saturated carbocycles. The molecule has 0 unspecified atom stereocenters. The number of anilines is 1. The van der Waals surface area contributed by atoms with E-state index in [1.807, 2.05) is 125 Å². The van der Waals surface area contributed by atoms with Crippen molar-refractivity contribution in [2.24, 2.45) is 63.6 Å². The summed E-state index contributed by atoms with van der Waals surface area (Å²) in [5, 5.41) is 80.4. The number of nitro groups is 1. The van der Waals surface area contributed by atoms with E-state index in [1.54, 1.807) is 44.2 Å². The summed E-state index contributed by atoms with van der Waals surface area (Å²) < 4.78 is 12.5. The first kappa shape index (κ1) is 87.3. The maximum Gasteiger partial charge on any atom is 0.270 e. The van der Waals surface area contributed by atoms with Crippen molar-refractivity contribution in [2.45, 2.75) is 188 Å². The van der Waals surface area contributed by atoms with Gasteiger partial charge in [-0.1, -0.05) is 129 Å². The lowest BCUT2D eigenvalue weighted by molar-refractivity contribution is -0.884. The van der Waals surface area contributed by atoms with Crippen LogP contribution in [0.25, 0.3) is 22.3 Å². The van der Waals surface area contributed by atoms with Crippen molar-refractivity contribution < 1.29 is 68.2 Å². The second kappa shape index (κ2) is 35.9. The number of para-hydroxylation sites is 2. The zero-order chi connectivity index (χ0) is 82.7. The Hall–Kier alpha value is -8.13. The Balaban J connectivity index is 0.000000240. The lowest BCUT2D eigenvalue weighted by Crippen LogP contribution is -2.62. The van der Waals surface area contributed by atoms with Crippen molar-refractivity contribution in [2.75, 3.05) is 94.3 Å². The van der Waals surface area contributed by atoms with Crippen LogP contribution >= 0.6 is 0 Å². The number of hydrogen-bond donors (Lipinski definition) is 8. The van der Waals surface area contributed by atoms with E-state index in [-0.39, 0.29) is 95.0 Å². The number of methoxy groups -OCH3 is 2. The normalized spacial score (nSPS) is 26.7. The summed E-state index contributed by atoms with van der Waals surface area (Å²) >= 11 is 0. The molecule has 0 radical (unpaired) electrons. The Kier molecular flexibility index (Phi) is 27.8. The summed E-state index contributed by atoms with van der Waals surface area (Å²) in [6.45, 7) is 24.4. The lowest BCUT2D eigenvalue weighted by atomic mass is 9.45. The van der Waals surface area contributed by atoms with E-state index in [0.717, 1.165) is 47.2 Å². The van der Waals surface area contributed by atoms with Crippen LogP contribution in [-0.2, 0) is 38.8 Å². The number of nitro benzene ring substituents is 1. The van der Waals surface area contributed by atoms with E-state index in [4.69, 9.17) is 19.1 Å². The molecule has 5 aromatic rings. The molecule has 8 fully saturated rings. The fraction of sp³-hybridized carbons (Fsp3) is 0.602. The van der Waals surface area contributed by atoms with Gasteiger partial charge in [-0.05, 0) is 159 Å². The Bertz CT molecular complexity index is 4210. The molecule has 0 aromatic heterocycles. The van der Waals surface area contributed by atoms with Gasteiger partial charge < -0.3 is 65.4 Å². The van der Waals surface area contributed by atoms with Crippen molar-refractivity contribution >= 4 is 35.0 Å². The molecular weight excluding hydrogens is 1440 g/mol. The molecule has 113 heavy (non-hydrogen) atoms. The molecule has 4 amide bonds. The van der Waals surface area contributed by atoms with E-state index in [1.165, 1.54) is 37.1 Å². The summed E-state index contributed by atoms with van der Waals surface area (Å²) in [5.41, 5.74) is 6.51. The average molecular weight is 1560 g/mol. The number of aliphatic hydroxyl groups excluding tert-OH is 4. The number of likely N-dealkylation sites (N-methyl/N-ethyl adjacent to an activating group) is 2. The highest BCUT2D eigenvalue weighted by molar-refractivity contribution is 5.98. The Morgan fingerprint density at radius 3 is 1.54 bits per heavy atom. The van der Waals surface area contributed by atoms with Gasteiger partial charge in [0.1, 0.15) is 41.9 Å². The number of rotatable bonds is 30. The highest BCUT2D eigenvalue weighted by Gasteiger charge is 2.59. The van der Waals surface area contributed by atoms with Crippen molar-refractivity contribution in [3.63, 3.8) is 0 Å². The van der Waals surface area contributed by atoms with Crippen LogP contribution in [0.5, 0.6) is 11.5 Å². The average Bonchev–Trinajstić information content (AvgIpc) is 1.15. The fourth-order valence-electron chi connectivity index (χ4n) is 19.6. The number of hydrogen-bond acceptors (Lipinski definition) is 19. The number of aliphatic hydroxyl groups is 4. The maximum absolute atomic E-state index is 14.3. The van der Waals surface area contributed by atoms with Gasteiger partial charge in [-0.2, -0.15) is 15.4 Å². The van der Waals surface area contributed by atoms with Gasteiger partial charge in [0.2, 0.25) is 11.8 Å². The number of nitrogens with zero attached hydrogens (tertiary/aromatic N) is 7. The molecule has 616 valence electrons. The molecule has 4 bridgehead atoms. The lowest BCUT2D eigenvalue weighted by Gasteiger charge is -2.62. The molecule has 18 atom stereocenters. The van der Waals surface area contributed by atoms with Crippen molar-refractivity contribution in [3.8, 4) is 39.8 Å². The number of nitrogens with one attached hydrogen (secondary N) is 4. The number of amides is 4. The number of benzene rings is 5. The highest BCUT2D eigenvalue weighted by atomic mass is 16.7. The monoisotopic (exact) mass is 1560 g/mol. The standard InChI is InChI=1S/C45H68N6O6.C43H57N5O8/c1-27-36-21-32(45(36,6)7)22-37(27)48-43(55)40-39(28(2)53)38(26-52)57-50(40)24-29-14-13-15-35(41(29)56-12)30-18-31(20-34(19-30)49(8)9)42(54)47-33(23-44(3,4)5)25-51(10,11)17-16-46;1-25-35-20-31(43(35,3)4)21-36(25)45-42(52)39-38(26(2)50)37(24-49)56-47(39)22-28-14-11-15-34(40(28)55-7)29-17-30(19-33(18-29)48(53)54)41(51)44-32(23-46(5)6)16-27-12-9-8-10-13-27/h13-15,18-20,27-28,32-33,36-40,52-53H,17,21-26H2,1-12H3,(H-,47,48,54,55);8-15,17-19,25-26,31-32,35-39,49-50H,16,20-24H2,1-7H3,(H,44,51)(H,45,52)/p+1/t27-,28-,32+,33-,36-,37-,38-,39-,40-;25-,26-,31+,32+,35-,36-,37-,38-,39-/m00/s1. The van der Waals surface area contributed by atoms with Crippen LogP contribution in [-0.4, -0.2) is 219 Å². The van der Waals surface area contributed by atoms with E-state index >= 15 is 0 Å². The van der Waals surface area contributed by atoms with Crippen molar-refractivity contribution in [1.82, 2.24) is 36.3 Å². The van der Waals surface area contributed by atoms with E-state index in [9.17, 15) is 55.0 Å². The van der Waals surface area contributed by atoms with Crippen LogP contribution in [0, 0.1) is 85.0 Å². The Labute approximate surface area is 668 Å². The van der Waals surface area contributed by atoms with Crippen molar-refractivity contribution in [1.29, 1.82) is 5.26 Å². The molecule has 8 aliphatic rings. The van der Waals surface area contributed by atoms with Crippen LogP contribution in [0.3, 0.4) is 0 Å². The van der Waals surface area contributed by atoms with Gasteiger partial charge in [0.15, 0.2) is 6.54 Å². The van der Waals surface area contributed by atoms with Gasteiger partial charge in [-0.25, -0.2) is 0 Å². The van der Waals surface area contributed by atoms with Gasteiger partial charge in [0.05, 0.1) is 84.3 Å². The molecule has 8 N–H and O–H groups in total. The van der Waals surface area contributed by atoms with Crippen LogP contribution in [0.2, 0.25) is 0 Å². The minimum absolute atomic E-state index is 0.0152. The summed E-state index contributed by atoms with van der Waals surface area (Å²) in [5.74, 6) is 1.21. The van der Waals surface area contributed by atoms with E-state index in [0.29, 0.717) is 93.9 Å². The molecule has 5 aromatic carbocycles. The van der Waals surface area contributed by atoms with E-state index in [2.05, 4.69) is 89.7 Å². The molecule has 2 heterocycles. The van der Waals surface area contributed by atoms with Crippen LogP contribution in [0.4, 0.5) is 11.4 Å². The van der Waals surface area contributed by atoms with Gasteiger partial charge >= 0.3 is 0 Å². The predicted molar refractivity (Wildman–Crippen MR) is 436 cm³/mol. The first-order chi connectivity index (χ1) is 53.2. The molecule has 0 spiro atoms. The quantitative estimate of drug-likeness (QED) is 0.00917. The summed E-state index contributed by atoms with van der Waals surface area (Å²) in [6, 6.07) is 31.1. The zero-order valence-electron chi connectivity index (χ0n) is 69.9. The molecule has 2 aliphatic heterocycles. The van der Waals surface area contributed by atoms with Crippen LogP contribution < -0.4 is 35.6 Å². The fourth-order valence-corrected chi connectivity index (χ4v) is 19.6. The SMILES string of the molecule is COc1c(CN2O[C@@H](CO)[C@H]([C@H](C)O)[C@H]2C(=O)N[C@H]2C[C@H]3C[C@@H]([C@@H]2C)C3(C)C)cccc1-c1cc(C(=O)N[C@@H](CC(C)(C)C)C[N+](C)(C)CC#N)cc(N(C)C)c1.COc1c(CN2O[C@@H](CO)[C@H]([C@H](C)O)[C@H]2C(=O)N[C@H]2C[C@H]3C[C@@H]([C@@H]2C)C3(C)C)cccc1-c1cc(C(=O)N[C@H](Cc2ccccc2)CN(C)C)cc([N+](=O)[O-])c1. The molecule has 25 heteroatoms. The molecule has 6 aliphatic carbocycles. The number of non-ortho nitro benzene ring substituents is 1. The van der Waals surface area contributed by atoms with Crippen LogP contribution in [0.1, 0.15) is 146 Å². The third-order valence-corrected chi connectivity index (χ3v) is 25.7. The minimum Gasteiger partial charge on any atom is -0.496 e. The minimum atomic E-state index is -0.961. The summed E-state index contributed by atoms with van der Waals surface area (Å²) in [7, 11) is 14.8. The smallest absolute Gasteiger partial charge is 0.270 e. The first-order valence-corrected chi connectivity index (χ1v) is 40.2. The second-order valence-electron chi connectivity index (χ2n) is 36.6. The van der Waals surface area contributed by atoms with Gasteiger partial charge in [-0.3, -0.25) is 39.0 Å². The third kappa shape index (κ3) is 19.7. The first-order valence-electron chi connectivity index (χ1n) is 40.2. The number of ether oxygens (including phenoxy) is 2.